The number of nitrogens with one attached hydrogen (secondary N) is 1. The third-order valence-corrected chi connectivity index (χ3v) is 3.17. The van der Waals surface area contributed by atoms with Crippen LogP contribution in [0, 0.1) is 12.3 Å². The Balaban J connectivity index is 2.74. The molecular formula is C14H22N2O2. The molecule has 4 N–H and O–H groups in total. The van der Waals surface area contributed by atoms with Gasteiger partial charge in [0.25, 0.3) is 0 Å². The molecule has 1 rings (SSSR count). The molecule has 0 saturated heterocycles. The fourth-order valence-corrected chi connectivity index (χ4v) is 1.63. The van der Waals surface area contributed by atoms with E-state index >= 15 is 0 Å². The van der Waals surface area contributed by atoms with Crippen molar-refractivity contribution in [3.05, 3.63) is 29.3 Å². The molecule has 0 aliphatic heterocycles. The lowest BCUT2D eigenvalue weighted by Crippen LogP contribution is -2.41. The van der Waals surface area contributed by atoms with Gasteiger partial charge in [-0.3, -0.25) is 4.79 Å². The van der Waals surface area contributed by atoms with Gasteiger partial charge in [-0.05, 0) is 33.8 Å². The molecule has 1 atom stereocenters. The van der Waals surface area contributed by atoms with Crippen LogP contribution in [0.5, 0.6) is 5.75 Å². The highest BCUT2D eigenvalue weighted by Crippen LogP contribution is 2.25. The number of nitrogens with two attached hydrogens (primary N) is 1. The first-order chi connectivity index (χ1) is 8.24. The lowest BCUT2D eigenvalue weighted by molar-refractivity contribution is -0.125. The van der Waals surface area contributed by atoms with Crippen molar-refractivity contribution in [1.29, 1.82) is 0 Å². The quantitative estimate of drug-likeness (QED) is 0.746. The SMILES string of the molecule is Cc1ccc(O)c(C(C)NCC(C)(C)C(N)=O)c1. The zero-order valence-electron chi connectivity index (χ0n) is 11.4. The van der Waals surface area contributed by atoms with Gasteiger partial charge in [0.05, 0.1) is 5.41 Å². The number of phenols is 1. The van der Waals surface area contributed by atoms with Crippen molar-refractivity contribution in [3.63, 3.8) is 0 Å². The Morgan fingerprint density at radius 3 is 2.67 bits per heavy atom. The van der Waals surface area contributed by atoms with Gasteiger partial charge in [0, 0.05) is 18.2 Å². The molecule has 0 aliphatic rings. The van der Waals surface area contributed by atoms with Gasteiger partial charge in [0.15, 0.2) is 0 Å². The minimum absolute atomic E-state index is 0.0384. The molecule has 0 aliphatic carbocycles. The molecule has 1 aromatic carbocycles. The molecule has 4 nitrogen and oxygen atoms in total. The van der Waals surface area contributed by atoms with Gasteiger partial charge in [0.1, 0.15) is 5.75 Å². The van der Waals surface area contributed by atoms with Gasteiger partial charge in [0.2, 0.25) is 5.91 Å². The zero-order chi connectivity index (χ0) is 13.9. The van der Waals surface area contributed by atoms with Gasteiger partial charge in [-0.2, -0.15) is 0 Å². The zero-order valence-corrected chi connectivity index (χ0v) is 11.4. The van der Waals surface area contributed by atoms with Gasteiger partial charge >= 0.3 is 0 Å². The molecule has 4 heteroatoms. The first kappa shape index (κ1) is 14.5. The van der Waals surface area contributed by atoms with Crippen molar-refractivity contribution in [2.24, 2.45) is 11.1 Å². The van der Waals surface area contributed by atoms with Gasteiger partial charge < -0.3 is 16.2 Å². The Bertz CT molecular complexity index is 441. The van der Waals surface area contributed by atoms with E-state index in [2.05, 4.69) is 5.32 Å². The maximum atomic E-state index is 11.2. The fraction of sp³-hybridized carbons (Fsp3) is 0.500. The van der Waals surface area contributed by atoms with Crippen LogP contribution in [0.3, 0.4) is 0 Å². The summed E-state index contributed by atoms with van der Waals surface area (Å²) in [5.74, 6) is -0.0758. The number of aromatic hydroxyl groups is 1. The van der Waals surface area contributed by atoms with Crippen LogP contribution >= 0.6 is 0 Å². The average Bonchev–Trinajstić information content (AvgIpc) is 2.29. The van der Waals surface area contributed by atoms with Crippen LogP contribution in [0.2, 0.25) is 0 Å². The minimum Gasteiger partial charge on any atom is -0.508 e. The molecular weight excluding hydrogens is 228 g/mol. The van der Waals surface area contributed by atoms with Crippen LogP contribution in [0.1, 0.15) is 37.9 Å². The van der Waals surface area contributed by atoms with Crippen molar-refractivity contribution < 1.29 is 9.90 Å². The first-order valence-corrected chi connectivity index (χ1v) is 6.07. The van der Waals surface area contributed by atoms with Crippen LogP contribution < -0.4 is 11.1 Å². The Kier molecular flexibility index (Phi) is 4.35. The number of carbonyl (C=O) groups excluding carboxylic acids is 1. The molecule has 1 aromatic rings. The molecule has 18 heavy (non-hydrogen) atoms. The Morgan fingerprint density at radius 1 is 1.50 bits per heavy atom. The number of benzene rings is 1. The summed E-state index contributed by atoms with van der Waals surface area (Å²) >= 11 is 0. The standard InChI is InChI=1S/C14H22N2O2/c1-9-5-6-12(17)11(7-9)10(2)16-8-14(3,4)13(15)18/h5-7,10,16-17H,8H2,1-4H3,(H2,15,18). The highest BCUT2D eigenvalue weighted by atomic mass is 16.3. The van der Waals surface area contributed by atoms with Crippen molar-refractivity contribution in [3.8, 4) is 5.75 Å². The summed E-state index contributed by atoms with van der Waals surface area (Å²) in [6, 6.07) is 5.44. The van der Waals surface area contributed by atoms with E-state index in [-0.39, 0.29) is 17.7 Å². The van der Waals surface area contributed by atoms with Gasteiger partial charge in [-0.25, -0.2) is 0 Å². The van der Waals surface area contributed by atoms with Crippen molar-refractivity contribution >= 4 is 5.91 Å². The van der Waals surface area contributed by atoms with E-state index in [9.17, 15) is 9.90 Å². The molecule has 0 heterocycles. The average molecular weight is 250 g/mol. The molecule has 0 aromatic heterocycles. The molecule has 0 fully saturated rings. The molecule has 100 valence electrons. The topological polar surface area (TPSA) is 75.3 Å². The van der Waals surface area contributed by atoms with E-state index < -0.39 is 5.41 Å². The lowest BCUT2D eigenvalue weighted by Gasteiger charge is -2.24. The molecule has 0 spiro atoms. The van der Waals surface area contributed by atoms with E-state index in [1.807, 2.05) is 26.0 Å². The third kappa shape index (κ3) is 3.47. The predicted octanol–water partition coefficient (Wildman–Crippen LogP) is 1.86. The molecule has 0 bridgehead atoms. The number of phenolic OH excluding ortho intramolecular Hbond substituents is 1. The summed E-state index contributed by atoms with van der Waals surface area (Å²) in [5.41, 5.74) is 6.63. The van der Waals surface area contributed by atoms with E-state index in [0.717, 1.165) is 11.1 Å². The summed E-state index contributed by atoms with van der Waals surface area (Å²) < 4.78 is 0. The molecule has 1 unspecified atom stereocenters. The van der Waals surface area contributed by atoms with Crippen molar-refractivity contribution in [2.75, 3.05) is 6.54 Å². The number of hydrogen-bond donors (Lipinski definition) is 3. The van der Waals surface area contributed by atoms with E-state index in [1.54, 1.807) is 19.9 Å². The Morgan fingerprint density at radius 2 is 2.11 bits per heavy atom. The number of hydrogen-bond acceptors (Lipinski definition) is 3. The summed E-state index contributed by atoms with van der Waals surface area (Å²) in [5, 5.41) is 13.0. The predicted molar refractivity (Wildman–Crippen MR) is 72.2 cm³/mol. The largest absolute Gasteiger partial charge is 0.508 e. The Hall–Kier alpha value is -1.55. The maximum absolute atomic E-state index is 11.2. The van der Waals surface area contributed by atoms with Crippen LogP contribution in [0.15, 0.2) is 18.2 Å². The van der Waals surface area contributed by atoms with Gasteiger partial charge in [-0.15, -0.1) is 0 Å². The number of carbonyl (C=O) groups is 1. The number of primary amides is 1. The number of aryl methyl sites for hydroxylation is 1. The molecule has 0 saturated carbocycles. The van der Waals surface area contributed by atoms with Crippen LogP contribution in [0.25, 0.3) is 0 Å². The smallest absolute Gasteiger partial charge is 0.224 e. The second-order valence-corrected chi connectivity index (χ2v) is 5.41. The second-order valence-electron chi connectivity index (χ2n) is 5.41. The van der Waals surface area contributed by atoms with Crippen LogP contribution in [-0.2, 0) is 4.79 Å². The monoisotopic (exact) mass is 250 g/mol. The van der Waals surface area contributed by atoms with E-state index in [4.69, 9.17) is 5.73 Å². The maximum Gasteiger partial charge on any atom is 0.224 e. The number of amides is 1. The summed E-state index contributed by atoms with van der Waals surface area (Å²) in [7, 11) is 0. The minimum atomic E-state index is -0.603. The summed E-state index contributed by atoms with van der Waals surface area (Å²) in [6.07, 6.45) is 0. The Labute approximate surface area is 108 Å². The fourth-order valence-electron chi connectivity index (χ4n) is 1.63. The number of rotatable bonds is 5. The molecule has 1 amide bonds. The lowest BCUT2D eigenvalue weighted by atomic mass is 9.92. The van der Waals surface area contributed by atoms with Crippen molar-refractivity contribution in [1.82, 2.24) is 5.32 Å². The van der Waals surface area contributed by atoms with Crippen LogP contribution in [0.4, 0.5) is 0 Å². The summed E-state index contributed by atoms with van der Waals surface area (Å²) in [6.45, 7) is 7.99. The first-order valence-electron chi connectivity index (χ1n) is 6.07. The van der Waals surface area contributed by atoms with E-state index in [1.165, 1.54) is 0 Å². The highest BCUT2D eigenvalue weighted by molar-refractivity contribution is 5.80. The summed E-state index contributed by atoms with van der Waals surface area (Å²) in [4.78, 5) is 11.2. The second kappa shape index (κ2) is 5.40. The molecule has 0 radical (unpaired) electrons. The third-order valence-electron chi connectivity index (χ3n) is 3.17. The van der Waals surface area contributed by atoms with Crippen molar-refractivity contribution in [2.45, 2.75) is 33.7 Å². The van der Waals surface area contributed by atoms with Crippen LogP contribution in [-0.4, -0.2) is 17.6 Å². The van der Waals surface area contributed by atoms with Gasteiger partial charge in [-0.1, -0.05) is 17.7 Å². The normalized spacial score (nSPS) is 13.3. The highest BCUT2D eigenvalue weighted by Gasteiger charge is 2.25. The van der Waals surface area contributed by atoms with E-state index in [0.29, 0.717) is 6.54 Å².